The van der Waals surface area contributed by atoms with Crippen LogP contribution in [0, 0.1) is 13.8 Å². The molecule has 4 rings (SSSR count). The minimum Gasteiger partial charge on any atom is -0.466 e. The number of methoxy groups -OCH3 is 1. The highest BCUT2D eigenvalue weighted by Crippen LogP contribution is 2.27. The monoisotopic (exact) mass is 398 g/mol. The molecule has 0 fully saturated rings. The van der Waals surface area contributed by atoms with Crippen molar-refractivity contribution in [2.45, 2.75) is 13.8 Å². The van der Waals surface area contributed by atoms with E-state index in [-0.39, 0.29) is 11.9 Å². The Labute approximate surface area is 175 Å². The van der Waals surface area contributed by atoms with Crippen molar-refractivity contribution in [1.29, 1.82) is 0 Å². The lowest BCUT2D eigenvalue weighted by Gasteiger charge is -2.10. The molecule has 6 heteroatoms. The average molecular weight is 398 g/mol. The summed E-state index contributed by atoms with van der Waals surface area (Å²) in [5.74, 6) is 0.509. The van der Waals surface area contributed by atoms with E-state index in [2.05, 4.69) is 15.4 Å². The topological polar surface area (TPSA) is 69.0 Å². The van der Waals surface area contributed by atoms with Gasteiger partial charge in [0.1, 0.15) is 0 Å². The van der Waals surface area contributed by atoms with Gasteiger partial charge < -0.3 is 10.1 Å². The van der Waals surface area contributed by atoms with Gasteiger partial charge in [-0.2, -0.15) is 4.98 Å². The molecule has 3 aromatic carbocycles. The fourth-order valence-electron chi connectivity index (χ4n) is 3.18. The number of anilines is 1. The zero-order valence-electron chi connectivity index (χ0n) is 17.1. The van der Waals surface area contributed by atoms with Gasteiger partial charge in [0.15, 0.2) is 5.82 Å². The summed E-state index contributed by atoms with van der Waals surface area (Å²) < 4.78 is 6.99. The van der Waals surface area contributed by atoms with Gasteiger partial charge in [-0.3, -0.25) is 4.79 Å². The van der Waals surface area contributed by atoms with Crippen molar-refractivity contribution in [3.05, 3.63) is 89.5 Å². The smallest absolute Gasteiger partial charge is 0.336 e. The van der Waals surface area contributed by atoms with E-state index in [9.17, 15) is 4.79 Å². The normalized spacial score (nSPS) is 10.6. The Morgan fingerprint density at radius 1 is 0.967 bits per heavy atom. The Bertz CT molecular complexity index is 1200. The van der Waals surface area contributed by atoms with Crippen LogP contribution in [-0.2, 0) is 0 Å². The minimum atomic E-state index is -0.164. The van der Waals surface area contributed by atoms with Crippen LogP contribution < -0.4 is 10.1 Å². The van der Waals surface area contributed by atoms with E-state index in [0.717, 1.165) is 22.4 Å². The standard InChI is InChI=1S/C24H22N4O2/c1-16-11-13-18(14-12-16)23(29)25-19-8-6-9-20(15-19)28-22(26-24(27-28)30-3)21-10-5-4-7-17(21)2/h4-15H,1-3H3,(H,25,29). The van der Waals surface area contributed by atoms with Crippen molar-refractivity contribution in [2.75, 3.05) is 12.4 Å². The first kappa shape index (κ1) is 19.4. The van der Waals surface area contributed by atoms with Gasteiger partial charge in [0, 0.05) is 16.8 Å². The molecule has 0 aliphatic rings. The number of benzene rings is 3. The largest absolute Gasteiger partial charge is 0.466 e. The van der Waals surface area contributed by atoms with Crippen LogP contribution in [0.15, 0.2) is 72.8 Å². The molecule has 1 amide bonds. The number of hydrogen-bond acceptors (Lipinski definition) is 4. The van der Waals surface area contributed by atoms with E-state index in [1.807, 2.05) is 86.6 Å². The second kappa shape index (κ2) is 8.21. The maximum Gasteiger partial charge on any atom is 0.336 e. The van der Waals surface area contributed by atoms with E-state index < -0.39 is 0 Å². The highest BCUT2D eigenvalue weighted by Gasteiger charge is 2.16. The number of amides is 1. The van der Waals surface area contributed by atoms with Gasteiger partial charge in [-0.1, -0.05) is 48.0 Å². The molecular weight excluding hydrogens is 376 g/mol. The molecule has 30 heavy (non-hydrogen) atoms. The maximum absolute atomic E-state index is 12.6. The van der Waals surface area contributed by atoms with Crippen molar-refractivity contribution >= 4 is 11.6 Å². The highest BCUT2D eigenvalue weighted by atomic mass is 16.5. The number of aryl methyl sites for hydroxylation is 2. The van der Waals surface area contributed by atoms with Gasteiger partial charge in [-0.05, 0) is 49.7 Å². The molecule has 0 aliphatic heterocycles. The third-order valence-electron chi connectivity index (χ3n) is 4.82. The Kier molecular flexibility index (Phi) is 5.30. The molecule has 0 radical (unpaired) electrons. The summed E-state index contributed by atoms with van der Waals surface area (Å²) in [6, 6.07) is 23.2. The van der Waals surface area contributed by atoms with Crippen LogP contribution in [0.2, 0.25) is 0 Å². The second-order valence-electron chi connectivity index (χ2n) is 7.02. The summed E-state index contributed by atoms with van der Waals surface area (Å²) >= 11 is 0. The van der Waals surface area contributed by atoms with Crippen LogP contribution in [0.3, 0.4) is 0 Å². The lowest BCUT2D eigenvalue weighted by atomic mass is 10.1. The van der Waals surface area contributed by atoms with Crippen molar-refractivity contribution < 1.29 is 9.53 Å². The van der Waals surface area contributed by atoms with Gasteiger partial charge in [-0.15, -0.1) is 5.10 Å². The Balaban J connectivity index is 1.69. The van der Waals surface area contributed by atoms with E-state index in [0.29, 0.717) is 17.1 Å². The molecule has 1 N–H and O–H groups in total. The van der Waals surface area contributed by atoms with Crippen molar-refractivity contribution in [3.63, 3.8) is 0 Å². The fraction of sp³-hybridized carbons (Fsp3) is 0.125. The van der Waals surface area contributed by atoms with Crippen LogP contribution in [0.1, 0.15) is 21.5 Å². The van der Waals surface area contributed by atoms with Crippen molar-refractivity contribution in [2.24, 2.45) is 0 Å². The van der Waals surface area contributed by atoms with Gasteiger partial charge in [0.25, 0.3) is 5.91 Å². The van der Waals surface area contributed by atoms with Crippen molar-refractivity contribution in [1.82, 2.24) is 14.8 Å². The minimum absolute atomic E-state index is 0.164. The predicted octanol–water partition coefficient (Wildman–Crippen LogP) is 4.81. The van der Waals surface area contributed by atoms with E-state index in [1.165, 1.54) is 0 Å². The summed E-state index contributed by atoms with van der Waals surface area (Å²) in [7, 11) is 1.54. The molecule has 0 saturated carbocycles. The van der Waals surface area contributed by atoms with E-state index in [1.54, 1.807) is 11.8 Å². The lowest BCUT2D eigenvalue weighted by molar-refractivity contribution is 0.102. The summed E-state index contributed by atoms with van der Waals surface area (Å²) in [5, 5.41) is 7.42. The first-order chi connectivity index (χ1) is 14.5. The molecule has 4 aromatic rings. The first-order valence-corrected chi connectivity index (χ1v) is 9.60. The van der Waals surface area contributed by atoms with Crippen LogP contribution in [0.25, 0.3) is 17.1 Å². The summed E-state index contributed by atoms with van der Waals surface area (Å²) in [5.41, 5.74) is 5.19. The number of ether oxygens (including phenoxy) is 1. The average Bonchev–Trinajstić information content (AvgIpc) is 3.19. The first-order valence-electron chi connectivity index (χ1n) is 9.60. The van der Waals surface area contributed by atoms with Crippen LogP contribution in [0.4, 0.5) is 5.69 Å². The SMILES string of the molecule is COc1nc(-c2ccccc2C)n(-c2cccc(NC(=O)c3ccc(C)cc3)c2)n1. The molecule has 0 spiro atoms. The highest BCUT2D eigenvalue weighted by molar-refractivity contribution is 6.04. The van der Waals surface area contributed by atoms with Gasteiger partial charge in [0.2, 0.25) is 0 Å². The second-order valence-corrected chi connectivity index (χ2v) is 7.02. The molecule has 0 unspecified atom stereocenters. The molecule has 150 valence electrons. The summed E-state index contributed by atoms with van der Waals surface area (Å²) in [6.45, 7) is 4.02. The van der Waals surface area contributed by atoms with Crippen LogP contribution >= 0.6 is 0 Å². The molecular formula is C24H22N4O2. The number of carbonyl (C=O) groups is 1. The third kappa shape index (κ3) is 3.93. The number of nitrogens with zero attached hydrogens (tertiary/aromatic N) is 3. The molecule has 1 aromatic heterocycles. The molecule has 0 aliphatic carbocycles. The molecule has 1 heterocycles. The number of nitrogens with one attached hydrogen (secondary N) is 1. The predicted molar refractivity (Wildman–Crippen MR) is 117 cm³/mol. The van der Waals surface area contributed by atoms with Crippen LogP contribution in [-0.4, -0.2) is 27.8 Å². The van der Waals surface area contributed by atoms with E-state index >= 15 is 0 Å². The molecule has 0 bridgehead atoms. The summed E-state index contributed by atoms with van der Waals surface area (Å²) in [4.78, 5) is 17.1. The fourth-order valence-corrected chi connectivity index (χ4v) is 3.18. The summed E-state index contributed by atoms with van der Waals surface area (Å²) in [6.07, 6.45) is 0. The zero-order chi connectivity index (χ0) is 21.1. The van der Waals surface area contributed by atoms with Gasteiger partial charge in [-0.25, -0.2) is 4.68 Å². The van der Waals surface area contributed by atoms with Gasteiger partial charge in [0.05, 0.1) is 12.8 Å². The number of aromatic nitrogens is 3. The zero-order valence-corrected chi connectivity index (χ0v) is 17.1. The molecule has 0 atom stereocenters. The Morgan fingerprint density at radius 2 is 1.73 bits per heavy atom. The maximum atomic E-state index is 12.6. The molecule has 0 saturated heterocycles. The Hall–Kier alpha value is -3.93. The quantitative estimate of drug-likeness (QED) is 0.524. The number of carbonyl (C=O) groups excluding carboxylic acids is 1. The van der Waals surface area contributed by atoms with Gasteiger partial charge >= 0.3 is 6.01 Å². The van der Waals surface area contributed by atoms with Crippen molar-refractivity contribution in [3.8, 4) is 23.1 Å². The Morgan fingerprint density at radius 3 is 2.47 bits per heavy atom. The third-order valence-corrected chi connectivity index (χ3v) is 4.82. The lowest BCUT2D eigenvalue weighted by Crippen LogP contribution is -2.12. The number of hydrogen-bond donors (Lipinski definition) is 1. The number of rotatable bonds is 5. The molecule has 6 nitrogen and oxygen atoms in total. The van der Waals surface area contributed by atoms with Crippen LogP contribution in [0.5, 0.6) is 6.01 Å². The van der Waals surface area contributed by atoms with E-state index in [4.69, 9.17) is 4.74 Å².